The summed E-state index contributed by atoms with van der Waals surface area (Å²) >= 11 is 0. The van der Waals surface area contributed by atoms with E-state index < -0.39 is 0 Å². The molecule has 0 spiro atoms. The molecule has 66 valence electrons. The molecule has 0 amide bonds. The molecule has 0 aromatic carbocycles. The second-order valence-electron chi connectivity index (χ2n) is 2.49. The van der Waals surface area contributed by atoms with Gasteiger partial charge in [-0.05, 0) is 0 Å². The topological polar surface area (TPSA) is 57.2 Å². The van der Waals surface area contributed by atoms with E-state index in [1.807, 2.05) is 12.3 Å². The summed E-state index contributed by atoms with van der Waals surface area (Å²) < 4.78 is 1.79. The summed E-state index contributed by atoms with van der Waals surface area (Å²) in [4.78, 5) is 4.08. The molecule has 12 heavy (non-hydrogen) atoms. The Morgan fingerprint density at radius 1 is 1.33 bits per heavy atom. The first-order chi connectivity index (χ1) is 5.86. The number of hydrogen-bond donors (Lipinski definition) is 2. The van der Waals surface area contributed by atoms with Gasteiger partial charge in [0.15, 0.2) is 5.69 Å². The smallest absolute Gasteiger partial charge is 0.286 e. The SMILES string of the molecule is OCCc1cc[n+](CCO)cn1. The van der Waals surface area contributed by atoms with E-state index in [9.17, 15) is 0 Å². The molecule has 1 aromatic rings. The third-order valence-corrected chi connectivity index (χ3v) is 1.56. The van der Waals surface area contributed by atoms with E-state index in [0.29, 0.717) is 13.0 Å². The third-order valence-electron chi connectivity index (χ3n) is 1.56. The van der Waals surface area contributed by atoms with Gasteiger partial charge in [-0.1, -0.05) is 4.98 Å². The molecule has 1 rings (SSSR count). The van der Waals surface area contributed by atoms with Crippen LogP contribution < -0.4 is 4.57 Å². The van der Waals surface area contributed by atoms with E-state index in [1.165, 1.54) is 0 Å². The Hall–Kier alpha value is -1.00. The van der Waals surface area contributed by atoms with Crippen molar-refractivity contribution in [3.05, 3.63) is 24.3 Å². The quantitative estimate of drug-likeness (QED) is 0.562. The summed E-state index contributed by atoms with van der Waals surface area (Å²) in [6.07, 6.45) is 4.08. The second-order valence-corrected chi connectivity index (χ2v) is 2.49. The predicted molar refractivity (Wildman–Crippen MR) is 42.3 cm³/mol. The first kappa shape index (κ1) is 9.09. The molecular formula is C8H13N2O2+. The molecule has 2 N–H and O–H groups in total. The van der Waals surface area contributed by atoms with Crippen LogP contribution in [0.25, 0.3) is 0 Å². The van der Waals surface area contributed by atoms with Gasteiger partial charge in [0.25, 0.3) is 6.33 Å². The molecule has 4 nitrogen and oxygen atoms in total. The van der Waals surface area contributed by atoms with Gasteiger partial charge in [-0.25, -0.2) is 4.57 Å². The number of aromatic nitrogens is 2. The van der Waals surface area contributed by atoms with E-state index in [0.717, 1.165) is 5.69 Å². The van der Waals surface area contributed by atoms with Gasteiger partial charge in [0.05, 0.1) is 19.4 Å². The van der Waals surface area contributed by atoms with Gasteiger partial charge in [-0.15, -0.1) is 0 Å². The Morgan fingerprint density at radius 2 is 2.17 bits per heavy atom. The Bertz CT molecular complexity index is 198. The van der Waals surface area contributed by atoms with Crippen LogP contribution >= 0.6 is 0 Å². The van der Waals surface area contributed by atoms with Crippen LogP contribution in [-0.4, -0.2) is 28.4 Å². The van der Waals surface area contributed by atoms with Crippen molar-refractivity contribution in [3.8, 4) is 0 Å². The van der Waals surface area contributed by atoms with E-state index in [2.05, 4.69) is 4.98 Å². The second kappa shape index (κ2) is 4.79. The zero-order valence-electron chi connectivity index (χ0n) is 6.85. The minimum absolute atomic E-state index is 0.117. The normalized spacial score (nSPS) is 10.2. The molecular weight excluding hydrogens is 156 g/mol. The molecule has 0 aliphatic carbocycles. The molecule has 0 bridgehead atoms. The highest BCUT2D eigenvalue weighted by molar-refractivity contribution is 4.94. The maximum absolute atomic E-state index is 8.61. The van der Waals surface area contributed by atoms with Crippen LogP contribution in [0.4, 0.5) is 0 Å². The van der Waals surface area contributed by atoms with Crippen LogP contribution in [-0.2, 0) is 13.0 Å². The van der Waals surface area contributed by atoms with Crippen molar-refractivity contribution >= 4 is 0 Å². The van der Waals surface area contributed by atoms with E-state index >= 15 is 0 Å². The maximum Gasteiger partial charge on any atom is 0.286 e. The average molecular weight is 169 g/mol. The van der Waals surface area contributed by atoms with E-state index in [-0.39, 0.29) is 13.2 Å². The van der Waals surface area contributed by atoms with Crippen LogP contribution in [0.1, 0.15) is 5.69 Å². The van der Waals surface area contributed by atoms with Crippen LogP contribution in [0.15, 0.2) is 18.6 Å². The Balaban J connectivity index is 2.58. The standard InChI is InChI=1S/C8H13N2O2/c11-5-2-8-1-3-10(4-6-12)7-9-8/h1,3,7,11-12H,2,4-6H2/q+1. The largest absolute Gasteiger partial charge is 0.396 e. The highest BCUT2D eigenvalue weighted by atomic mass is 16.3. The number of hydrogen-bond acceptors (Lipinski definition) is 3. The van der Waals surface area contributed by atoms with Crippen molar-refractivity contribution in [2.45, 2.75) is 13.0 Å². The van der Waals surface area contributed by atoms with Gasteiger partial charge in [0.1, 0.15) is 6.54 Å². The van der Waals surface area contributed by atoms with Crippen molar-refractivity contribution in [1.29, 1.82) is 0 Å². The number of nitrogens with zero attached hydrogens (tertiary/aromatic N) is 2. The zero-order valence-corrected chi connectivity index (χ0v) is 6.85. The van der Waals surface area contributed by atoms with Gasteiger partial charge in [0.2, 0.25) is 0 Å². The Kier molecular flexibility index (Phi) is 3.63. The monoisotopic (exact) mass is 169 g/mol. The number of aliphatic hydroxyl groups is 2. The summed E-state index contributed by atoms with van der Waals surface area (Å²) in [5.41, 5.74) is 0.867. The van der Waals surface area contributed by atoms with Crippen molar-refractivity contribution < 1.29 is 14.8 Å². The first-order valence-corrected chi connectivity index (χ1v) is 3.92. The molecule has 0 fully saturated rings. The van der Waals surface area contributed by atoms with Crippen LogP contribution in [0, 0.1) is 0 Å². The summed E-state index contributed by atoms with van der Waals surface area (Å²) in [6, 6.07) is 1.84. The lowest BCUT2D eigenvalue weighted by Crippen LogP contribution is -2.35. The lowest BCUT2D eigenvalue weighted by atomic mass is 10.3. The summed E-state index contributed by atoms with van der Waals surface area (Å²) in [7, 11) is 0. The lowest BCUT2D eigenvalue weighted by molar-refractivity contribution is -0.701. The molecule has 1 aromatic heterocycles. The average Bonchev–Trinajstić information content (AvgIpc) is 2.09. The lowest BCUT2D eigenvalue weighted by Gasteiger charge is -1.94. The van der Waals surface area contributed by atoms with Gasteiger partial charge in [0, 0.05) is 12.5 Å². The summed E-state index contributed by atoms with van der Waals surface area (Å²) in [5.74, 6) is 0. The molecule has 4 heteroatoms. The highest BCUT2D eigenvalue weighted by Gasteiger charge is 2.01. The van der Waals surface area contributed by atoms with Crippen LogP contribution in [0.5, 0.6) is 0 Å². The minimum atomic E-state index is 0.117. The van der Waals surface area contributed by atoms with Gasteiger partial charge >= 0.3 is 0 Å². The fourth-order valence-corrected chi connectivity index (χ4v) is 0.922. The fraction of sp³-hybridized carbons (Fsp3) is 0.500. The van der Waals surface area contributed by atoms with Crippen LogP contribution in [0.2, 0.25) is 0 Å². The summed E-state index contributed by atoms with van der Waals surface area (Å²) in [6.45, 7) is 0.801. The zero-order chi connectivity index (χ0) is 8.81. The van der Waals surface area contributed by atoms with E-state index in [4.69, 9.17) is 10.2 Å². The fourth-order valence-electron chi connectivity index (χ4n) is 0.922. The minimum Gasteiger partial charge on any atom is -0.396 e. The van der Waals surface area contributed by atoms with Crippen molar-refractivity contribution in [3.63, 3.8) is 0 Å². The summed E-state index contributed by atoms with van der Waals surface area (Å²) in [5, 5.41) is 17.2. The molecule has 0 atom stereocenters. The first-order valence-electron chi connectivity index (χ1n) is 3.92. The number of rotatable bonds is 4. The van der Waals surface area contributed by atoms with Crippen LogP contribution in [0.3, 0.4) is 0 Å². The molecule has 0 unspecified atom stereocenters. The van der Waals surface area contributed by atoms with Crippen molar-refractivity contribution in [2.75, 3.05) is 13.2 Å². The predicted octanol–water partition coefficient (Wildman–Crippen LogP) is -1.10. The molecule has 0 aliphatic rings. The maximum atomic E-state index is 8.61. The molecule has 0 saturated heterocycles. The molecule has 0 radical (unpaired) electrons. The van der Waals surface area contributed by atoms with Gasteiger partial charge < -0.3 is 10.2 Å². The molecule has 0 aliphatic heterocycles. The number of aliphatic hydroxyl groups excluding tert-OH is 2. The van der Waals surface area contributed by atoms with Gasteiger partial charge in [-0.3, -0.25) is 0 Å². The van der Waals surface area contributed by atoms with E-state index in [1.54, 1.807) is 10.9 Å². The molecule has 1 heterocycles. The van der Waals surface area contributed by atoms with Gasteiger partial charge in [-0.2, -0.15) is 0 Å². The Labute approximate surface area is 71.1 Å². The van der Waals surface area contributed by atoms with Crippen molar-refractivity contribution in [2.24, 2.45) is 0 Å². The van der Waals surface area contributed by atoms with Crippen molar-refractivity contribution in [1.82, 2.24) is 4.98 Å². The highest BCUT2D eigenvalue weighted by Crippen LogP contribution is 1.89. The third kappa shape index (κ3) is 2.56. The Morgan fingerprint density at radius 3 is 2.67 bits per heavy atom. The molecule has 0 saturated carbocycles.